The van der Waals surface area contributed by atoms with Crippen molar-refractivity contribution in [2.75, 3.05) is 0 Å². The highest BCUT2D eigenvalue weighted by atomic mass is 35.5. The summed E-state index contributed by atoms with van der Waals surface area (Å²) in [6, 6.07) is 3.71. The quantitative estimate of drug-likeness (QED) is 0.634. The lowest BCUT2D eigenvalue weighted by Crippen LogP contribution is -2.41. The van der Waals surface area contributed by atoms with Crippen LogP contribution in [0.25, 0.3) is 5.69 Å². The second-order valence-electron chi connectivity index (χ2n) is 4.17. The monoisotopic (exact) mass is 377 g/mol. The summed E-state index contributed by atoms with van der Waals surface area (Å²) in [5.41, 5.74) is 6.11. The van der Waals surface area contributed by atoms with Crippen LogP contribution in [-0.4, -0.2) is 16.4 Å². The summed E-state index contributed by atoms with van der Waals surface area (Å²) >= 11 is 17.6. The molecule has 0 aliphatic rings. The lowest BCUT2D eigenvalue weighted by Gasteiger charge is -2.09. The Morgan fingerprint density at radius 3 is 2.36 bits per heavy atom. The van der Waals surface area contributed by atoms with Crippen molar-refractivity contribution < 1.29 is 9.59 Å². The van der Waals surface area contributed by atoms with Crippen LogP contribution in [0.15, 0.2) is 39.4 Å². The number of hydrogen-bond donors (Lipinski definition) is 2. The average molecular weight is 379 g/mol. The minimum absolute atomic E-state index is 0.381. The molecule has 2 heterocycles. The summed E-state index contributed by atoms with van der Waals surface area (Å²) in [6.45, 7) is 1.90. The van der Waals surface area contributed by atoms with Crippen LogP contribution < -0.4 is 10.9 Å². The van der Waals surface area contributed by atoms with E-state index in [1.54, 1.807) is 0 Å². The number of nitrogens with one attached hydrogen (secondary N) is 2. The summed E-state index contributed by atoms with van der Waals surface area (Å²) in [6.07, 6.45) is 3.66. The number of halogens is 3. The van der Waals surface area contributed by atoms with E-state index < -0.39 is 16.8 Å². The van der Waals surface area contributed by atoms with Crippen molar-refractivity contribution in [3.63, 3.8) is 0 Å². The maximum absolute atomic E-state index is 12.2. The van der Waals surface area contributed by atoms with E-state index in [4.69, 9.17) is 34.8 Å². The highest BCUT2D eigenvalue weighted by molar-refractivity contribution is 7.12. The minimum atomic E-state index is -0.800. The van der Waals surface area contributed by atoms with Gasteiger partial charge in [0.1, 0.15) is 14.4 Å². The number of aryl methyl sites for hydroxylation is 1. The molecule has 0 bridgehead atoms. The molecule has 0 aliphatic heterocycles. The molecule has 0 aliphatic carbocycles. The first kappa shape index (κ1) is 16.9. The molecule has 0 saturated carbocycles. The molecule has 116 valence electrons. The van der Waals surface area contributed by atoms with Gasteiger partial charge < -0.3 is 4.57 Å². The predicted octanol–water partition coefficient (Wildman–Crippen LogP) is 3.49. The summed E-state index contributed by atoms with van der Waals surface area (Å²) in [4.78, 5) is 24.2. The summed E-state index contributed by atoms with van der Waals surface area (Å²) in [7, 11) is 0. The van der Waals surface area contributed by atoms with Gasteiger partial charge >= 0.3 is 0 Å². The van der Waals surface area contributed by atoms with E-state index in [0.29, 0.717) is 4.88 Å². The van der Waals surface area contributed by atoms with Gasteiger partial charge in [-0.3, -0.25) is 20.4 Å². The Labute approximate surface area is 145 Å². The predicted molar refractivity (Wildman–Crippen MR) is 88.6 cm³/mol. The third-order valence-corrected chi connectivity index (χ3v) is 4.68. The van der Waals surface area contributed by atoms with E-state index in [2.05, 4.69) is 10.9 Å². The molecule has 0 atom stereocenters. The largest absolute Gasteiger partial charge is 0.322 e. The fourth-order valence-corrected chi connectivity index (χ4v) is 2.88. The average Bonchev–Trinajstić information content (AvgIpc) is 3.12. The van der Waals surface area contributed by atoms with Crippen LogP contribution >= 0.6 is 46.1 Å². The fraction of sp³-hybridized carbons (Fsp3) is 0.0769. The van der Waals surface area contributed by atoms with Crippen LogP contribution in [0.4, 0.5) is 0 Å². The lowest BCUT2D eigenvalue weighted by atomic mass is 10.2. The van der Waals surface area contributed by atoms with E-state index in [1.807, 2.05) is 41.4 Å². The molecule has 0 aromatic carbocycles. The van der Waals surface area contributed by atoms with Crippen LogP contribution in [0.3, 0.4) is 0 Å². The highest BCUT2D eigenvalue weighted by Gasteiger charge is 2.18. The molecule has 2 aromatic heterocycles. The Morgan fingerprint density at radius 1 is 1.14 bits per heavy atom. The lowest BCUT2D eigenvalue weighted by molar-refractivity contribution is -0.117. The number of nitrogens with zero attached hydrogens (tertiary/aromatic N) is 1. The van der Waals surface area contributed by atoms with Crippen LogP contribution in [0.5, 0.6) is 0 Å². The molecule has 0 unspecified atom stereocenters. The Bertz CT molecular complexity index is 734. The first-order valence-corrected chi connectivity index (χ1v) is 7.96. The van der Waals surface area contributed by atoms with Gasteiger partial charge in [-0.05, 0) is 30.0 Å². The molecule has 9 heteroatoms. The first-order valence-electron chi connectivity index (χ1n) is 5.94. The molecule has 2 N–H and O–H groups in total. The van der Waals surface area contributed by atoms with Gasteiger partial charge in [-0.1, -0.05) is 34.8 Å². The van der Waals surface area contributed by atoms with Gasteiger partial charge in [0.2, 0.25) is 0 Å². The zero-order chi connectivity index (χ0) is 16.3. The molecular formula is C13H10Cl3N3O2S. The molecule has 2 rings (SSSR count). The van der Waals surface area contributed by atoms with Crippen molar-refractivity contribution >= 4 is 58.0 Å². The Kier molecular flexibility index (Phi) is 5.52. The number of hydrazine groups is 1. The number of carbonyl (C=O) groups is 2. The van der Waals surface area contributed by atoms with Crippen LogP contribution in [0.2, 0.25) is 0 Å². The molecule has 0 fully saturated rings. The van der Waals surface area contributed by atoms with Crippen molar-refractivity contribution in [1.29, 1.82) is 0 Å². The summed E-state index contributed by atoms with van der Waals surface area (Å²) < 4.78 is 1.44. The number of hydrogen-bond acceptors (Lipinski definition) is 3. The van der Waals surface area contributed by atoms with Gasteiger partial charge in [0.15, 0.2) is 0 Å². The van der Waals surface area contributed by atoms with Crippen LogP contribution in [0.1, 0.15) is 15.2 Å². The fourth-order valence-electron chi connectivity index (χ4n) is 1.71. The number of aromatic nitrogens is 1. The number of carbonyl (C=O) groups excluding carboxylic acids is 2. The highest BCUT2D eigenvalue weighted by Crippen LogP contribution is 2.26. The SMILES string of the molecule is Cc1csc(C(=O)NNC(=O)C(Cl)=C(Cl)Cl)c1-n1cccc1. The molecule has 2 amide bonds. The summed E-state index contributed by atoms with van der Waals surface area (Å²) in [5, 5.41) is 1.45. The molecule has 22 heavy (non-hydrogen) atoms. The van der Waals surface area contributed by atoms with E-state index in [9.17, 15) is 9.59 Å². The topological polar surface area (TPSA) is 63.1 Å². The molecule has 0 spiro atoms. The standard InChI is InChI=1S/C13H10Cl3N3O2S/c1-7-6-22-10(9(7)19-4-2-3-5-19)13(21)18-17-12(20)8(14)11(15)16/h2-6H,1H3,(H,17,20)(H,18,21). The van der Waals surface area contributed by atoms with Gasteiger partial charge in [-0.2, -0.15) is 0 Å². The van der Waals surface area contributed by atoms with Gasteiger partial charge in [0.25, 0.3) is 11.8 Å². The maximum atomic E-state index is 12.2. The van der Waals surface area contributed by atoms with Crippen molar-refractivity contribution in [3.05, 3.63) is 49.9 Å². The maximum Gasteiger partial charge on any atom is 0.283 e. The molecular weight excluding hydrogens is 369 g/mol. The third kappa shape index (κ3) is 3.64. The minimum Gasteiger partial charge on any atom is -0.322 e. The number of rotatable bonds is 3. The Balaban J connectivity index is 2.15. The van der Waals surface area contributed by atoms with E-state index in [-0.39, 0.29) is 4.49 Å². The number of thiophene rings is 1. The molecule has 0 radical (unpaired) electrons. The van der Waals surface area contributed by atoms with Crippen LogP contribution in [0, 0.1) is 6.92 Å². The first-order chi connectivity index (χ1) is 10.4. The Morgan fingerprint density at radius 2 is 1.77 bits per heavy atom. The smallest absolute Gasteiger partial charge is 0.283 e. The molecule has 0 saturated heterocycles. The zero-order valence-electron chi connectivity index (χ0n) is 11.2. The van der Waals surface area contributed by atoms with Crippen molar-refractivity contribution in [2.45, 2.75) is 6.92 Å². The zero-order valence-corrected chi connectivity index (χ0v) is 14.3. The van der Waals surface area contributed by atoms with E-state index >= 15 is 0 Å². The van der Waals surface area contributed by atoms with Crippen molar-refractivity contribution in [3.8, 4) is 5.69 Å². The Hall–Kier alpha value is -1.47. The molecule has 2 aromatic rings. The van der Waals surface area contributed by atoms with Crippen LogP contribution in [-0.2, 0) is 4.79 Å². The van der Waals surface area contributed by atoms with Gasteiger partial charge in [-0.15, -0.1) is 11.3 Å². The van der Waals surface area contributed by atoms with Gasteiger partial charge in [-0.25, -0.2) is 0 Å². The third-order valence-electron chi connectivity index (χ3n) is 2.67. The number of amides is 2. The second-order valence-corrected chi connectivity index (χ2v) is 6.38. The van der Waals surface area contributed by atoms with E-state index in [1.165, 1.54) is 11.3 Å². The van der Waals surface area contributed by atoms with E-state index in [0.717, 1.165) is 11.3 Å². The molecule has 5 nitrogen and oxygen atoms in total. The van der Waals surface area contributed by atoms with Crippen molar-refractivity contribution in [2.24, 2.45) is 0 Å². The van der Waals surface area contributed by atoms with Gasteiger partial charge in [0, 0.05) is 12.4 Å². The normalized spacial score (nSPS) is 10.2. The second kappa shape index (κ2) is 7.19. The summed E-state index contributed by atoms with van der Waals surface area (Å²) in [5.74, 6) is -1.27. The van der Waals surface area contributed by atoms with Gasteiger partial charge in [0.05, 0.1) is 5.69 Å². The van der Waals surface area contributed by atoms with Crippen molar-refractivity contribution in [1.82, 2.24) is 15.4 Å².